The van der Waals surface area contributed by atoms with E-state index in [2.05, 4.69) is 16.0 Å². The van der Waals surface area contributed by atoms with Crippen molar-refractivity contribution in [1.29, 1.82) is 0 Å². The van der Waals surface area contributed by atoms with Crippen molar-refractivity contribution >= 4 is 29.1 Å². The van der Waals surface area contributed by atoms with E-state index in [0.29, 0.717) is 5.02 Å². The van der Waals surface area contributed by atoms with E-state index in [4.69, 9.17) is 11.6 Å². The molecule has 0 fully saturated rings. The van der Waals surface area contributed by atoms with Crippen LogP contribution in [0.25, 0.3) is 0 Å². The standard InChI is InChI=1S/C13H16ClN3O2/c1-7(2)16-11(18)6-15-12-9-5-8(14)3-4-10(9)17-13(12)19/h3-5,7,12,15H,6H2,1-2H3,(H,16,18)(H,17,19). The minimum absolute atomic E-state index is 0.0773. The minimum Gasteiger partial charge on any atom is -0.353 e. The van der Waals surface area contributed by atoms with Crippen LogP contribution >= 0.6 is 11.6 Å². The molecule has 0 spiro atoms. The minimum atomic E-state index is -0.536. The van der Waals surface area contributed by atoms with Crippen LogP contribution in [0.15, 0.2) is 18.2 Å². The maximum Gasteiger partial charge on any atom is 0.246 e. The molecule has 5 nitrogen and oxygen atoms in total. The van der Waals surface area contributed by atoms with Gasteiger partial charge in [0.1, 0.15) is 6.04 Å². The summed E-state index contributed by atoms with van der Waals surface area (Å²) in [6, 6.07) is 4.74. The first-order valence-corrected chi connectivity index (χ1v) is 6.48. The van der Waals surface area contributed by atoms with Gasteiger partial charge in [0.15, 0.2) is 0 Å². The highest BCUT2D eigenvalue weighted by molar-refractivity contribution is 6.31. The average molecular weight is 282 g/mol. The van der Waals surface area contributed by atoms with Gasteiger partial charge in [0, 0.05) is 22.3 Å². The Morgan fingerprint density at radius 2 is 2.21 bits per heavy atom. The van der Waals surface area contributed by atoms with Crippen LogP contribution in [-0.4, -0.2) is 24.4 Å². The van der Waals surface area contributed by atoms with Gasteiger partial charge in [-0.1, -0.05) is 11.6 Å². The molecule has 2 amide bonds. The molecule has 1 aliphatic rings. The Morgan fingerprint density at radius 1 is 1.47 bits per heavy atom. The van der Waals surface area contributed by atoms with Gasteiger partial charge in [0.05, 0.1) is 6.54 Å². The van der Waals surface area contributed by atoms with Crippen molar-refractivity contribution in [3.63, 3.8) is 0 Å². The summed E-state index contributed by atoms with van der Waals surface area (Å²) in [4.78, 5) is 23.4. The lowest BCUT2D eigenvalue weighted by molar-refractivity contribution is -0.121. The number of hydrogen-bond donors (Lipinski definition) is 3. The molecule has 0 aliphatic carbocycles. The molecule has 1 heterocycles. The highest BCUT2D eigenvalue weighted by atomic mass is 35.5. The maximum atomic E-state index is 11.8. The maximum absolute atomic E-state index is 11.8. The normalized spacial score (nSPS) is 17.3. The van der Waals surface area contributed by atoms with E-state index < -0.39 is 6.04 Å². The van der Waals surface area contributed by atoms with Gasteiger partial charge in [0.2, 0.25) is 11.8 Å². The van der Waals surface area contributed by atoms with Crippen LogP contribution in [0, 0.1) is 0 Å². The Hall–Kier alpha value is -1.59. The zero-order chi connectivity index (χ0) is 14.0. The molecule has 0 saturated heterocycles. The molecule has 1 aromatic carbocycles. The largest absolute Gasteiger partial charge is 0.353 e. The summed E-state index contributed by atoms with van der Waals surface area (Å²) >= 11 is 5.92. The van der Waals surface area contributed by atoms with Crippen LogP contribution in [0.3, 0.4) is 0 Å². The van der Waals surface area contributed by atoms with Gasteiger partial charge in [0.25, 0.3) is 0 Å². The highest BCUT2D eigenvalue weighted by Crippen LogP contribution is 2.32. The van der Waals surface area contributed by atoms with Gasteiger partial charge in [-0.25, -0.2) is 0 Å². The second-order valence-corrected chi connectivity index (χ2v) is 5.19. The first kappa shape index (κ1) is 13.8. The summed E-state index contributed by atoms with van der Waals surface area (Å²) in [6.07, 6.45) is 0. The molecular weight excluding hydrogens is 266 g/mol. The van der Waals surface area contributed by atoms with E-state index in [0.717, 1.165) is 11.3 Å². The van der Waals surface area contributed by atoms with Gasteiger partial charge in [-0.2, -0.15) is 0 Å². The van der Waals surface area contributed by atoms with E-state index in [-0.39, 0.29) is 24.4 Å². The monoisotopic (exact) mass is 281 g/mol. The Morgan fingerprint density at radius 3 is 2.89 bits per heavy atom. The van der Waals surface area contributed by atoms with Crippen LogP contribution in [0.1, 0.15) is 25.5 Å². The third-order valence-electron chi connectivity index (χ3n) is 2.76. The lowest BCUT2D eigenvalue weighted by atomic mass is 10.1. The van der Waals surface area contributed by atoms with E-state index in [1.54, 1.807) is 18.2 Å². The highest BCUT2D eigenvalue weighted by Gasteiger charge is 2.30. The second-order valence-electron chi connectivity index (χ2n) is 4.76. The van der Waals surface area contributed by atoms with E-state index >= 15 is 0 Å². The molecule has 1 aromatic rings. The van der Waals surface area contributed by atoms with Crippen molar-refractivity contribution in [1.82, 2.24) is 10.6 Å². The third-order valence-corrected chi connectivity index (χ3v) is 3.00. The molecule has 19 heavy (non-hydrogen) atoms. The molecule has 0 aromatic heterocycles. The van der Waals surface area contributed by atoms with Crippen molar-refractivity contribution < 1.29 is 9.59 Å². The van der Waals surface area contributed by atoms with Crippen molar-refractivity contribution in [3.05, 3.63) is 28.8 Å². The molecule has 1 aliphatic heterocycles. The molecule has 1 unspecified atom stereocenters. The number of rotatable bonds is 4. The van der Waals surface area contributed by atoms with Crippen molar-refractivity contribution in [2.45, 2.75) is 25.9 Å². The lowest BCUT2D eigenvalue weighted by Gasteiger charge is -2.13. The number of anilines is 1. The first-order valence-electron chi connectivity index (χ1n) is 6.10. The van der Waals surface area contributed by atoms with Gasteiger partial charge in [-0.05, 0) is 32.0 Å². The number of carbonyl (C=O) groups excluding carboxylic acids is 2. The van der Waals surface area contributed by atoms with E-state index in [1.165, 1.54) is 0 Å². The molecule has 1 atom stereocenters. The third kappa shape index (κ3) is 3.24. The zero-order valence-electron chi connectivity index (χ0n) is 10.8. The summed E-state index contributed by atoms with van der Waals surface area (Å²) in [5, 5.41) is 9.01. The number of benzene rings is 1. The van der Waals surface area contributed by atoms with Crippen LogP contribution < -0.4 is 16.0 Å². The lowest BCUT2D eigenvalue weighted by Crippen LogP contribution is -2.40. The number of nitrogens with one attached hydrogen (secondary N) is 3. The van der Waals surface area contributed by atoms with Crippen molar-refractivity contribution in [2.75, 3.05) is 11.9 Å². The van der Waals surface area contributed by atoms with E-state index in [1.807, 2.05) is 13.8 Å². The predicted molar refractivity (Wildman–Crippen MR) is 74.1 cm³/mol. The fraction of sp³-hybridized carbons (Fsp3) is 0.385. The molecule has 0 radical (unpaired) electrons. The fourth-order valence-corrected chi connectivity index (χ4v) is 2.18. The summed E-state index contributed by atoms with van der Waals surface area (Å²) < 4.78 is 0. The second kappa shape index (κ2) is 5.59. The number of fused-ring (bicyclic) bond motifs is 1. The molecule has 6 heteroatoms. The zero-order valence-corrected chi connectivity index (χ0v) is 11.5. The van der Waals surface area contributed by atoms with E-state index in [9.17, 15) is 9.59 Å². The van der Waals surface area contributed by atoms with Gasteiger partial charge < -0.3 is 10.6 Å². The van der Waals surface area contributed by atoms with Crippen molar-refractivity contribution in [2.24, 2.45) is 0 Å². The number of amides is 2. The number of hydrogen-bond acceptors (Lipinski definition) is 3. The molecule has 0 bridgehead atoms. The Kier molecular flexibility index (Phi) is 4.07. The number of halogens is 1. The van der Waals surface area contributed by atoms with Crippen molar-refractivity contribution in [3.8, 4) is 0 Å². The summed E-state index contributed by atoms with van der Waals surface area (Å²) in [5.74, 6) is -0.312. The van der Waals surface area contributed by atoms with Crippen LogP contribution in [0.4, 0.5) is 5.69 Å². The molecule has 0 saturated carbocycles. The first-order chi connectivity index (χ1) is 8.97. The quantitative estimate of drug-likeness (QED) is 0.782. The smallest absolute Gasteiger partial charge is 0.246 e. The summed E-state index contributed by atoms with van der Waals surface area (Å²) in [5.41, 5.74) is 1.51. The molecule has 2 rings (SSSR count). The van der Waals surface area contributed by atoms with Crippen LogP contribution in [0.2, 0.25) is 5.02 Å². The SMILES string of the molecule is CC(C)NC(=O)CNC1C(=O)Nc2ccc(Cl)cc21. The molecular formula is C13H16ClN3O2. The van der Waals surface area contributed by atoms with Gasteiger partial charge >= 0.3 is 0 Å². The van der Waals surface area contributed by atoms with Crippen LogP contribution in [0.5, 0.6) is 0 Å². The molecule has 102 valence electrons. The Bertz CT molecular complexity index is 517. The summed E-state index contributed by atoms with van der Waals surface area (Å²) in [6.45, 7) is 3.85. The predicted octanol–water partition coefficient (Wildman–Crippen LogP) is 1.45. The topological polar surface area (TPSA) is 70.2 Å². The van der Waals surface area contributed by atoms with Gasteiger partial charge in [-0.3, -0.25) is 14.9 Å². The average Bonchev–Trinajstić information content (AvgIpc) is 2.61. The van der Waals surface area contributed by atoms with Gasteiger partial charge in [-0.15, -0.1) is 0 Å². The van der Waals surface area contributed by atoms with Crippen LogP contribution in [-0.2, 0) is 9.59 Å². The summed E-state index contributed by atoms with van der Waals surface area (Å²) in [7, 11) is 0. The molecule has 3 N–H and O–H groups in total. The number of carbonyl (C=O) groups is 2. The fourth-order valence-electron chi connectivity index (χ4n) is 2.00. The Balaban J connectivity index is 2.04. The Labute approximate surface area is 116 Å².